The number of methoxy groups -OCH3 is 2. The zero-order valence-electron chi connectivity index (χ0n) is 20.4. The largest absolute Gasteiger partial charge is 0.497 e. The molecule has 0 bridgehead atoms. The van der Waals surface area contributed by atoms with Crippen molar-refractivity contribution in [2.24, 2.45) is 0 Å². The van der Waals surface area contributed by atoms with Crippen molar-refractivity contribution in [2.75, 3.05) is 45.3 Å². The monoisotopic (exact) mass is 505 g/mol. The highest BCUT2D eigenvalue weighted by Gasteiger charge is 2.37. The molecular formula is C25H32FN3O5S. The van der Waals surface area contributed by atoms with E-state index >= 15 is 4.39 Å². The van der Waals surface area contributed by atoms with E-state index in [2.05, 4.69) is 0 Å². The molecule has 1 amide bonds. The number of anilines is 1. The molecule has 10 heteroatoms. The van der Waals surface area contributed by atoms with E-state index in [0.717, 1.165) is 24.9 Å². The van der Waals surface area contributed by atoms with Crippen molar-refractivity contribution < 1.29 is 27.1 Å². The van der Waals surface area contributed by atoms with Gasteiger partial charge < -0.3 is 19.3 Å². The molecule has 1 aliphatic heterocycles. The normalized spacial score (nSPS) is 16.8. The van der Waals surface area contributed by atoms with Crippen LogP contribution in [0.5, 0.6) is 11.5 Å². The van der Waals surface area contributed by atoms with Crippen LogP contribution in [-0.2, 0) is 21.4 Å². The first-order valence-electron chi connectivity index (χ1n) is 11.8. The molecular weight excluding hydrogens is 473 g/mol. The Morgan fingerprint density at radius 2 is 1.77 bits per heavy atom. The Balaban J connectivity index is 1.57. The Bertz CT molecular complexity index is 1180. The molecule has 0 aromatic heterocycles. The molecule has 8 nitrogen and oxygen atoms in total. The fourth-order valence-corrected chi connectivity index (χ4v) is 6.31. The summed E-state index contributed by atoms with van der Waals surface area (Å²) in [6, 6.07) is 9.33. The number of rotatable bonds is 8. The third-order valence-electron chi connectivity index (χ3n) is 6.89. The third-order valence-corrected chi connectivity index (χ3v) is 8.83. The van der Waals surface area contributed by atoms with E-state index in [-0.39, 0.29) is 29.1 Å². The molecule has 2 fully saturated rings. The Kier molecular flexibility index (Phi) is 7.51. The van der Waals surface area contributed by atoms with Gasteiger partial charge in [-0.2, -0.15) is 4.31 Å². The highest BCUT2D eigenvalue weighted by molar-refractivity contribution is 7.89. The number of piperazine rings is 1. The maximum atomic E-state index is 15.2. The van der Waals surface area contributed by atoms with Crippen molar-refractivity contribution in [3.63, 3.8) is 0 Å². The van der Waals surface area contributed by atoms with Gasteiger partial charge in [-0.3, -0.25) is 4.79 Å². The predicted octanol–water partition coefficient (Wildman–Crippen LogP) is 3.25. The molecule has 35 heavy (non-hydrogen) atoms. The summed E-state index contributed by atoms with van der Waals surface area (Å²) >= 11 is 0. The third kappa shape index (κ3) is 5.23. The summed E-state index contributed by atoms with van der Waals surface area (Å²) in [5.74, 6) is 0.269. The van der Waals surface area contributed by atoms with Crippen LogP contribution in [0.25, 0.3) is 0 Å². The van der Waals surface area contributed by atoms with Crippen molar-refractivity contribution in [3.8, 4) is 11.5 Å². The van der Waals surface area contributed by atoms with Crippen molar-refractivity contribution in [1.29, 1.82) is 0 Å². The summed E-state index contributed by atoms with van der Waals surface area (Å²) in [5.41, 5.74) is 1.04. The Labute approximate surface area is 206 Å². The first-order chi connectivity index (χ1) is 16.7. The molecule has 1 saturated carbocycles. The number of benzene rings is 2. The van der Waals surface area contributed by atoms with Crippen LogP contribution in [0.3, 0.4) is 0 Å². The van der Waals surface area contributed by atoms with Gasteiger partial charge in [0, 0.05) is 63.0 Å². The van der Waals surface area contributed by atoms with Crippen LogP contribution < -0.4 is 14.4 Å². The number of ether oxygens (including phenoxy) is 2. The summed E-state index contributed by atoms with van der Waals surface area (Å²) in [4.78, 5) is 15.4. The maximum Gasteiger partial charge on any atom is 0.247 e. The van der Waals surface area contributed by atoms with E-state index in [4.69, 9.17) is 9.47 Å². The summed E-state index contributed by atoms with van der Waals surface area (Å²) < 4.78 is 54.6. The topological polar surface area (TPSA) is 79.4 Å². The molecule has 0 atom stereocenters. The molecule has 1 aliphatic carbocycles. The molecule has 0 spiro atoms. The lowest BCUT2D eigenvalue weighted by molar-refractivity contribution is -0.129. The average molecular weight is 506 g/mol. The fourth-order valence-electron chi connectivity index (χ4n) is 4.51. The Morgan fingerprint density at radius 1 is 1.06 bits per heavy atom. The molecule has 4 rings (SSSR count). The number of carbonyl (C=O) groups is 1. The molecule has 0 radical (unpaired) electrons. The van der Waals surface area contributed by atoms with Crippen LogP contribution in [0, 0.1) is 5.82 Å². The summed E-state index contributed by atoms with van der Waals surface area (Å²) in [5, 5.41) is 0. The first-order valence-corrected chi connectivity index (χ1v) is 13.2. The number of hydrogen-bond donors (Lipinski definition) is 0. The van der Waals surface area contributed by atoms with Gasteiger partial charge in [0.1, 0.15) is 22.2 Å². The van der Waals surface area contributed by atoms with Crippen LogP contribution in [-0.4, -0.2) is 70.0 Å². The molecule has 1 saturated heterocycles. The van der Waals surface area contributed by atoms with Crippen LogP contribution >= 0.6 is 0 Å². The molecule has 0 N–H and O–H groups in total. The van der Waals surface area contributed by atoms with Gasteiger partial charge in [0.15, 0.2) is 0 Å². The summed E-state index contributed by atoms with van der Waals surface area (Å²) in [6.07, 6.45) is 2.40. The maximum absolute atomic E-state index is 15.2. The van der Waals surface area contributed by atoms with Crippen LogP contribution in [0.15, 0.2) is 41.3 Å². The zero-order valence-corrected chi connectivity index (χ0v) is 21.2. The van der Waals surface area contributed by atoms with Gasteiger partial charge in [0.25, 0.3) is 0 Å². The van der Waals surface area contributed by atoms with Crippen molar-refractivity contribution in [2.45, 2.75) is 43.7 Å². The van der Waals surface area contributed by atoms with Crippen molar-refractivity contribution in [1.82, 2.24) is 9.21 Å². The van der Waals surface area contributed by atoms with Gasteiger partial charge in [-0.1, -0.05) is 12.5 Å². The Hall–Kier alpha value is -2.85. The van der Waals surface area contributed by atoms with Gasteiger partial charge in [0.2, 0.25) is 15.9 Å². The van der Waals surface area contributed by atoms with Crippen LogP contribution in [0.4, 0.5) is 10.1 Å². The second kappa shape index (κ2) is 10.4. The van der Waals surface area contributed by atoms with Crippen molar-refractivity contribution in [3.05, 3.63) is 47.8 Å². The number of nitrogens with zero attached hydrogens (tertiary/aromatic N) is 3. The molecule has 190 valence electrons. The van der Waals surface area contributed by atoms with Gasteiger partial charge in [-0.25, -0.2) is 12.8 Å². The zero-order chi connectivity index (χ0) is 25.2. The van der Waals surface area contributed by atoms with E-state index < -0.39 is 15.8 Å². The van der Waals surface area contributed by atoms with Gasteiger partial charge in [-0.15, -0.1) is 0 Å². The van der Waals surface area contributed by atoms with Crippen molar-refractivity contribution >= 4 is 21.6 Å². The predicted molar refractivity (Wildman–Crippen MR) is 131 cm³/mol. The molecule has 2 aliphatic rings. The highest BCUT2D eigenvalue weighted by Crippen LogP contribution is 2.36. The first kappa shape index (κ1) is 25.2. The fraction of sp³-hybridized carbons (Fsp3) is 0.480. The number of sulfonamides is 1. The quantitative estimate of drug-likeness (QED) is 0.548. The number of hydrogen-bond acceptors (Lipinski definition) is 6. The SMILES string of the molecule is COc1ccc(S(=O)(=O)N(Cc2ccc(N3CCN(C(C)=O)CC3)cc2F)C2CCC2)c(OC)c1. The second-order valence-corrected chi connectivity index (χ2v) is 10.8. The number of halogens is 1. The molecule has 2 aromatic rings. The molecule has 0 unspecified atom stereocenters. The smallest absolute Gasteiger partial charge is 0.247 e. The average Bonchev–Trinajstić information content (AvgIpc) is 2.83. The van der Waals surface area contributed by atoms with E-state index in [0.29, 0.717) is 37.5 Å². The minimum absolute atomic E-state index is 0.0353. The summed E-state index contributed by atoms with van der Waals surface area (Å²) in [6.45, 7) is 3.92. The standard InChI is InChI=1S/C25H32FN3O5S/c1-18(30)27-11-13-28(14-12-27)21-8-7-19(23(26)15-21)17-29(20-5-4-6-20)35(31,32)25-10-9-22(33-2)16-24(25)34-3/h7-10,15-16,20H,4-6,11-14,17H2,1-3H3. The number of amides is 1. The van der Waals surface area contributed by atoms with Gasteiger partial charge >= 0.3 is 0 Å². The molecule has 2 aromatic carbocycles. The lowest BCUT2D eigenvalue weighted by Gasteiger charge is -2.37. The van der Waals surface area contributed by atoms with Gasteiger partial charge in [0.05, 0.1) is 14.2 Å². The van der Waals surface area contributed by atoms with Crippen LogP contribution in [0.2, 0.25) is 0 Å². The van der Waals surface area contributed by atoms with E-state index in [9.17, 15) is 13.2 Å². The van der Waals surface area contributed by atoms with E-state index in [1.807, 2.05) is 11.0 Å². The minimum atomic E-state index is -3.95. The van der Waals surface area contributed by atoms with Crippen LogP contribution in [0.1, 0.15) is 31.7 Å². The lowest BCUT2D eigenvalue weighted by atomic mass is 9.93. The second-order valence-electron chi connectivity index (χ2n) is 8.92. The van der Waals surface area contributed by atoms with E-state index in [1.54, 1.807) is 24.0 Å². The highest BCUT2D eigenvalue weighted by atomic mass is 32.2. The Morgan fingerprint density at radius 3 is 2.31 bits per heavy atom. The molecule has 1 heterocycles. The lowest BCUT2D eigenvalue weighted by Crippen LogP contribution is -2.48. The number of carbonyl (C=O) groups excluding carboxylic acids is 1. The van der Waals surface area contributed by atoms with Gasteiger partial charge in [-0.05, 0) is 37.1 Å². The van der Waals surface area contributed by atoms with E-state index in [1.165, 1.54) is 36.7 Å². The summed E-state index contributed by atoms with van der Waals surface area (Å²) in [7, 11) is -1.04. The minimum Gasteiger partial charge on any atom is -0.497 e.